The maximum atomic E-state index is 13.0. The summed E-state index contributed by atoms with van der Waals surface area (Å²) in [6, 6.07) is 15.4. The van der Waals surface area contributed by atoms with Crippen LogP contribution in [0.1, 0.15) is 21.5 Å². The highest BCUT2D eigenvalue weighted by Gasteiger charge is 2.22. The minimum absolute atomic E-state index is 0.0545. The number of carbonyl (C=O) groups is 1. The van der Waals surface area contributed by atoms with Crippen LogP contribution in [0.15, 0.2) is 48.5 Å². The average Bonchev–Trinajstić information content (AvgIpc) is 2.62. The molecule has 5 heteroatoms. The van der Waals surface area contributed by atoms with Crippen LogP contribution in [0, 0.1) is 17.1 Å². The lowest BCUT2D eigenvalue weighted by Gasteiger charge is -2.34. The highest BCUT2D eigenvalue weighted by atomic mass is 19.1. The van der Waals surface area contributed by atoms with Gasteiger partial charge in [-0.15, -0.1) is 0 Å². The lowest BCUT2D eigenvalue weighted by atomic mass is 10.1. The Kier molecular flexibility index (Phi) is 4.88. The highest BCUT2D eigenvalue weighted by molar-refractivity contribution is 5.94. The Labute approximate surface area is 140 Å². The van der Waals surface area contributed by atoms with E-state index in [0.29, 0.717) is 24.2 Å². The molecular formula is C19H18FN3O. The first kappa shape index (κ1) is 16.2. The van der Waals surface area contributed by atoms with Gasteiger partial charge < -0.3 is 4.90 Å². The van der Waals surface area contributed by atoms with Crippen LogP contribution < -0.4 is 0 Å². The van der Waals surface area contributed by atoms with Crippen LogP contribution in [0.25, 0.3) is 0 Å². The fourth-order valence-electron chi connectivity index (χ4n) is 2.88. The van der Waals surface area contributed by atoms with E-state index in [1.54, 1.807) is 11.0 Å². The van der Waals surface area contributed by atoms with E-state index in [2.05, 4.69) is 11.0 Å². The van der Waals surface area contributed by atoms with Crippen LogP contribution in [0.3, 0.4) is 0 Å². The number of rotatable bonds is 3. The molecule has 1 saturated heterocycles. The monoisotopic (exact) mass is 323 g/mol. The first-order valence-electron chi connectivity index (χ1n) is 7.92. The Balaban J connectivity index is 1.56. The number of halogens is 1. The first-order valence-corrected chi connectivity index (χ1v) is 7.92. The van der Waals surface area contributed by atoms with Crippen molar-refractivity contribution in [2.75, 3.05) is 26.2 Å². The SMILES string of the molecule is N#Cc1cccc(CN2CCN(C(=O)c3ccc(F)cc3)CC2)c1. The Hall–Kier alpha value is -2.71. The molecule has 0 aromatic heterocycles. The zero-order valence-electron chi connectivity index (χ0n) is 13.3. The molecule has 0 radical (unpaired) electrons. The molecule has 2 aromatic rings. The predicted octanol–water partition coefficient (Wildman–Crippen LogP) is 2.66. The Morgan fingerprint density at radius 1 is 1.08 bits per heavy atom. The van der Waals surface area contributed by atoms with Crippen molar-refractivity contribution < 1.29 is 9.18 Å². The van der Waals surface area contributed by atoms with E-state index in [0.717, 1.165) is 25.2 Å². The highest BCUT2D eigenvalue weighted by Crippen LogP contribution is 2.13. The van der Waals surface area contributed by atoms with Gasteiger partial charge in [0.1, 0.15) is 5.82 Å². The second kappa shape index (κ2) is 7.24. The molecule has 0 unspecified atom stereocenters. The molecule has 4 nitrogen and oxygen atoms in total. The van der Waals surface area contributed by atoms with Gasteiger partial charge in [-0.2, -0.15) is 5.26 Å². The van der Waals surface area contributed by atoms with Crippen LogP contribution in [-0.2, 0) is 6.54 Å². The van der Waals surface area contributed by atoms with Crippen LogP contribution in [0.2, 0.25) is 0 Å². The van der Waals surface area contributed by atoms with E-state index in [1.165, 1.54) is 24.3 Å². The molecule has 122 valence electrons. The zero-order chi connectivity index (χ0) is 16.9. The molecule has 0 bridgehead atoms. The third-order valence-electron chi connectivity index (χ3n) is 4.21. The summed E-state index contributed by atoms with van der Waals surface area (Å²) in [4.78, 5) is 16.5. The van der Waals surface area contributed by atoms with Crippen LogP contribution in [-0.4, -0.2) is 41.9 Å². The van der Waals surface area contributed by atoms with E-state index < -0.39 is 0 Å². The van der Waals surface area contributed by atoms with E-state index >= 15 is 0 Å². The molecule has 0 spiro atoms. The molecule has 1 amide bonds. The number of amides is 1. The standard InChI is InChI=1S/C19H18FN3O/c20-18-6-4-17(5-7-18)19(24)23-10-8-22(9-11-23)14-16-3-1-2-15(12-16)13-21/h1-7,12H,8-11,14H2. The van der Waals surface area contributed by atoms with Gasteiger partial charge in [-0.3, -0.25) is 9.69 Å². The number of nitrogens with zero attached hydrogens (tertiary/aromatic N) is 3. The predicted molar refractivity (Wildman–Crippen MR) is 88.7 cm³/mol. The summed E-state index contributed by atoms with van der Waals surface area (Å²) in [5.74, 6) is -0.392. The molecule has 1 aliphatic heterocycles. The van der Waals surface area contributed by atoms with Crippen LogP contribution >= 0.6 is 0 Å². The summed E-state index contributed by atoms with van der Waals surface area (Å²) in [6.07, 6.45) is 0. The number of piperazine rings is 1. The molecule has 0 N–H and O–H groups in total. The number of hydrogen-bond acceptors (Lipinski definition) is 3. The number of nitriles is 1. The van der Waals surface area contributed by atoms with Gasteiger partial charge in [0.15, 0.2) is 0 Å². The molecule has 3 rings (SSSR count). The molecule has 0 atom stereocenters. The summed E-state index contributed by atoms with van der Waals surface area (Å²) in [6.45, 7) is 3.63. The third-order valence-corrected chi connectivity index (χ3v) is 4.21. The fourth-order valence-corrected chi connectivity index (χ4v) is 2.88. The molecular weight excluding hydrogens is 305 g/mol. The third kappa shape index (κ3) is 3.79. The van der Waals surface area contributed by atoms with Crippen molar-refractivity contribution in [2.45, 2.75) is 6.54 Å². The minimum Gasteiger partial charge on any atom is -0.336 e. The second-order valence-corrected chi connectivity index (χ2v) is 5.89. The normalized spacial score (nSPS) is 15.1. The molecule has 1 fully saturated rings. The summed E-state index contributed by atoms with van der Waals surface area (Å²) < 4.78 is 13.0. The van der Waals surface area contributed by atoms with Gasteiger partial charge in [0.2, 0.25) is 0 Å². The smallest absolute Gasteiger partial charge is 0.253 e. The van der Waals surface area contributed by atoms with Crippen molar-refractivity contribution in [2.24, 2.45) is 0 Å². The second-order valence-electron chi connectivity index (χ2n) is 5.89. The largest absolute Gasteiger partial charge is 0.336 e. The lowest BCUT2D eigenvalue weighted by molar-refractivity contribution is 0.0628. The van der Waals surface area contributed by atoms with Gasteiger partial charge in [-0.25, -0.2) is 4.39 Å². The van der Waals surface area contributed by atoms with Crippen molar-refractivity contribution in [3.8, 4) is 6.07 Å². The maximum absolute atomic E-state index is 13.0. The van der Waals surface area contributed by atoms with E-state index in [1.807, 2.05) is 18.2 Å². The topological polar surface area (TPSA) is 47.3 Å². The minimum atomic E-state index is -0.337. The van der Waals surface area contributed by atoms with Gasteiger partial charge in [0.25, 0.3) is 5.91 Å². The number of carbonyl (C=O) groups excluding carboxylic acids is 1. The first-order chi connectivity index (χ1) is 11.7. The molecule has 2 aromatic carbocycles. The molecule has 0 aliphatic carbocycles. The van der Waals surface area contributed by atoms with Crippen molar-refractivity contribution in [1.82, 2.24) is 9.80 Å². The van der Waals surface area contributed by atoms with Crippen molar-refractivity contribution >= 4 is 5.91 Å². The van der Waals surface area contributed by atoms with Gasteiger partial charge in [0, 0.05) is 38.3 Å². The van der Waals surface area contributed by atoms with Crippen LogP contribution in [0.4, 0.5) is 4.39 Å². The quantitative estimate of drug-likeness (QED) is 0.872. The fraction of sp³-hybridized carbons (Fsp3) is 0.263. The van der Waals surface area contributed by atoms with Gasteiger partial charge in [-0.05, 0) is 42.0 Å². The molecule has 24 heavy (non-hydrogen) atoms. The van der Waals surface area contributed by atoms with Crippen molar-refractivity contribution in [1.29, 1.82) is 5.26 Å². The van der Waals surface area contributed by atoms with E-state index in [4.69, 9.17) is 5.26 Å². The van der Waals surface area contributed by atoms with Crippen molar-refractivity contribution in [3.05, 3.63) is 71.0 Å². The summed E-state index contributed by atoms with van der Waals surface area (Å²) in [5, 5.41) is 8.96. The summed E-state index contributed by atoms with van der Waals surface area (Å²) >= 11 is 0. The molecule has 1 aliphatic rings. The zero-order valence-corrected chi connectivity index (χ0v) is 13.3. The molecule has 0 saturated carbocycles. The lowest BCUT2D eigenvalue weighted by Crippen LogP contribution is -2.48. The Morgan fingerprint density at radius 2 is 1.79 bits per heavy atom. The van der Waals surface area contributed by atoms with Crippen LogP contribution in [0.5, 0.6) is 0 Å². The summed E-state index contributed by atoms with van der Waals surface area (Å²) in [5.41, 5.74) is 2.29. The van der Waals surface area contributed by atoms with E-state index in [9.17, 15) is 9.18 Å². The number of hydrogen-bond donors (Lipinski definition) is 0. The van der Waals surface area contributed by atoms with E-state index in [-0.39, 0.29) is 11.7 Å². The Bertz CT molecular complexity index is 759. The van der Waals surface area contributed by atoms with Crippen molar-refractivity contribution in [3.63, 3.8) is 0 Å². The maximum Gasteiger partial charge on any atom is 0.253 e. The van der Waals surface area contributed by atoms with Gasteiger partial charge in [-0.1, -0.05) is 12.1 Å². The Morgan fingerprint density at radius 3 is 2.46 bits per heavy atom. The number of benzene rings is 2. The summed E-state index contributed by atoms with van der Waals surface area (Å²) in [7, 11) is 0. The average molecular weight is 323 g/mol. The van der Waals surface area contributed by atoms with Gasteiger partial charge in [0.05, 0.1) is 11.6 Å². The van der Waals surface area contributed by atoms with Gasteiger partial charge >= 0.3 is 0 Å². The molecule has 1 heterocycles.